The average molecular weight is 543 g/mol. The van der Waals surface area contributed by atoms with Crippen LogP contribution >= 0.6 is 0 Å². The number of hydrogen-bond acceptors (Lipinski definition) is 9. The molecule has 204 valence electrons. The first-order chi connectivity index (χ1) is 19.5. The molecule has 0 bridgehead atoms. The predicted molar refractivity (Wildman–Crippen MR) is 145 cm³/mol. The Labute approximate surface area is 228 Å². The molecule has 2 aliphatic heterocycles. The topological polar surface area (TPSA) is 152 Å². The Hall–Kier alpha value is -4.74. The largest absolute Gasteiger partial charge is 0.492 e. The summed E-state index contributed by atoms with van der Waals surface area (Å²) < 4.78 is 17.3. The summed E-state index contributed by atoms with van der Waals surface area (Å²) in [5.74, 6) is -0.711. The monoisotopic (exact) mass is 542 g/mol. The Morgan fingerprint density at radius 3 is 2.67 bits per heavy atom. The van der Waals surface area contributed by atoms with Gasteiger partial charge in [0.15, 0.2) is 0 Å². The number of carboxylic acids is 1. The Kier molecular flexibility index (Phi) is 6.89. The van der Waals surface area contributed by atoms with Gasteiger partial charge in [0, 0.05) is 66.1 Å². The molecule has 11 heteroatoms. The number of rotatable bonds is 7. The molecule has 1 fully saturated rings. The third-order valence-electron chi connectivity index (χ3n) is 7.01. The number of hydrogen-bond donors (Lipinski definition) is 4. The molecule has 40 heavy (non-hydrogen) atoms. The Balaban J connectivity index is 1.42. The molecule has 1 saturated heterocycles. The summed E-state index contributed by atoms with van der Waals surface area (Å²) in [5, 5.41) is 22.9. The van der Waals surface area contributed by atoms with Crippen LogP contribution in [-0.2, 0) is 11.2 Å². The molecule has 11 nitrogen and oxygen atoms in total. The first-order valence-corrected chi connectivity index (χ1v) is 12.9. The smallest absolute Gasteiger partial charge is 0.335 e. The van der Waals surface area contributed by atoms with Gasteiger partial charge in [-0.25, -0.2) is 10.3 Å². The van der Waals surface area contributed by atoms with Gasteiger partial charge >= 0.3 is 5.97 Å². The minimum absolute atomic E-state index is 0.0197. The van der Waals surface area contributed by atoms with Crippen molar-refractivity contribution in [2.45, 2.75) is 25.4 Å². The average Bonchev–Trinajstić information content (AvgIpc) is 3.46. The van der Waals surface area contributed by atoms with Crippen LogP contribution < -0.4 is 20.3 Å². The molecule has 6 rings (SSSR count). The lowest BCUT2D eigenvalue weighted by atomic mass is 10.0. The number of carboxylic acid groups (broad SMARTS) is 1. The molecule has 0 spiro atoms. The van der Waals surface area contributed by atoms with Gasteiger partial charge in [0.05, 0.1) is 42.2 Å². The minimum atomic E-state index is -1.12. The quantitative estimate of drug-likeness (QED) is 0.196. The maximum Gasteiger partial charge on any atom is 0.335 e. The summed E-state index contributed by atoms with van der Waals surface area (Å²) in [5.41, 5.74) is 5.78. The summed E-state index contributed by atoms with van der Waals surface area (Å²) in [7, 11) is 0. The zero-order valence-corrected chi connectivity index (χ0v) is 21.3. The zero-order valence-electron chi connectivity index (χ0n) is 21.3. The highest BCUT2D eigenvalue weighted by Gasteiger charge is 2.21. The van der Waals surface area contributed by atoms with E-state index in [2.05, 4.69) is 15.3 Å². The van der Waals surface area contributed by atoms with Gasteiger partial charge in [-0.3, -0.25) is 20.0 Å². The maximum atomic E-state index is 12.6. The number of amides is 1. The molecule has 2 aromatic carbocycles. The number of aromatic carboxylic acids is 1. The second-order valence-corrected chi connectivity index (χ2v) is 9.60. The third-order valence-corrected chi connectivity index (χ3v) is 7.01. The third kappa shape index (κ3) is 4.99. The molecule has 2 aliphatic rings. The van der Waals surface area contributed by atoms with Crippen LogP contribution in [0.2, 0.25) is 0 Å². The van der Waals surface area contributed by atoms with Crippen molar-refractivity contribution in [2.75, 3.05) is 25.1 Å². The number of nitrogens with zero attached hydrogens (tertiary/aromatic N) is 2. The molecule has 0 radical (unpaired) electrons. The van der Waals surface area contributed by atoms with Gasteiger partial charge in [-0.15, -0.1) is 0 Å². The van der Waals surface area contributed by atoms with E-state index < -0.39 is 11.9 Å². The molecular weight excluding hydrogens is 516 g/mol. The van der Waals surface area contributed by atoms with E-state index in [4.69, 9.17) is 14.2 Å². The number of anilines is 2. The second-order valence-electron chi connectivity index (χ2n) is 9.60. The fourth-order valence-corrected chi connectivity index (χ4v) is 5.03. The number of hydroxylamine groups is 1. The lowest BCUT2D eigenvalue weighted by Crippen LogP contribution is -2.26. The van der Waals surface area contributed by atoms with Gasteiger partial charge in [-0.2, -0.15) is 0 Å². The van der Waals surface area contributed by atoms with Crippen molar-refractivity contribution in [2.24, 2.45) is 0 Å². The Morgan fingerprint density at radius 2 is 1.88 bits per heavy atom. The first kappa shape index (κ1) is 25.5. The zero-order chi connectivity index (χ0) is 27.6. The molecule has 0 saturated carbocycles. The van der Waals surface area contributed by atoms with Crippen molar-refractivity contribution in [3.05, 3.63) is 71.7 Å². The summed E-state index contributed by atoms with van der Waals surface area (Å²) >= 11 is 0. The van der Waals surface area contributed by atoms with E-state index in [1.165, 1.54) is 18.3 Å². The van der Waals surface area contributed by atoms with Gasteiger partial charge in [-0.05, 0) is 23.8 Å². The van der Waals surface area contributed by atoms with Crippen LogP contribution in [0.25, 0.3) is 22.0 Å². The number of aromatic nitrogens is 2. The lowest BCUT2D eigenvalue weighted by molar-refractivity contribution is 0.0255. The van der Waals surface area contributed by atoms with Gasteiger partial charge in [-0.1, -0.05) is 12.1 Å². The number of carbonyl (C=O) groups is 2. The normalized spacial score (nSPS) is 14.8. The molecule has 2 aromatic heterocycles. The lowest BCUT2D eigenvalue weighted by Gasteiger charge is -2.24. The molecule has 0 aliphatic carbocycles. The number of benzene rings is 2. The Morgan fingerprint density at radius 1 is 1.02 bits per heavy atom. The van der Waals surface area contributed by atoms with Crippen molar-refractivity contribution < 1.29 is 34.1 Å². The van der Waals surface area contributed by atoms with Gasteiger partial charge in [0.1, 0.15) is 17.6 Å². The maximum absolute atomic E-state index is 12.6. The van der Waals surface area contributed by atoms with Crippen LogP contribution in [0.3, 0.4) is 0 Å². The molecule has 0 atom stereocenters. The molecule has 1 amide bonds. The molecular formula is C29H26N4O7. The van der Waals surface area contributed by atoms with Crippen molar-refractivity contribution >= 4 is 34.2 Å². The van der Waals surface area contributed by atoms with Crippen LogP contribution in [0, 0.1) is 0 Å². The van der Waals surface area contributed by atoms with E-state index in [-0.39, 0.29) is 17.2 Å². The molecule has 4 N–H and O–H groups in total. The second kappa shape index (κ2) is 10.8. The summed E-state index contributed by atoms with van der Waals surface area (Å²) in [4.78, 5) is 33.3. The molecule has 4 heterocycles. The number of carbonyl (C=O) groups excluding carboxylic acids is 1. The van der Waals surface area contributed by atoms with Crippen LogP contribution in [0.5, 0.6) is 11.5 Å². The van der Waals surface area contributed by atoms with E-state index in [0.717, 1.165) is 28.9 Å². The Bertz CT molecular complexity index is 1620. The van der Waals surface area contributed by atoms with Crippen LogP contribution in [-0.4, -0.2) is 58.1 Å². The number of nitrogens with one attached hydrogen (secondary N) is 2. The highest BCUT2D eigenvalue weighted by molar-refractivity contribution is 6.08. The van der Waals surface area contributed by atoms with E-state index in [9.17, 15) is 19.9 Å². The van der Waals surface area contributed by atoms with E-state index >= 15 is 0 Å². The molecule has 4 aromatic rings. The summed E-state index contributed by atoms with van der Waals surface area (Å²) in [6.07, 6.45) is 7.00. The number of pyridine rings is 2. The number of fused-ring (bicyclic) bond motifs is 2. The van der Waals surface area contributed by atoms with Crippen molar-refractivity contribution in [3.63, 3.8) is 0 Å². The van der Waals surface area contributed by atoms with E-state index in [0.29, 0.717) is 60.7 Å². The van der Waals surface area contributed by atoms with Crippen LogP contribution in [0.1, 0.15) is 39.1 Å². The van der Waals surface area contributed by atoms with Gasteiger partial charge < -0.3 is 24.6 Å². The predicted octanol–water partition coefficient (Wildman–Crippen LogP) is 4.35. The van der Waals surface area contributed by atoms with E-state index in [1.807, 2.05) is 18.2 Å². The van der Waals surface area contributed by atoms with Crippen molar-refractivity contribution in [1.29, 1.82) is 0 Å². The highest BCUT2D eigenvalue weighted by Crippen LogP contribution is 2.38. The minimum Gasteiger partial charge on any atom is -0.492 e. The van der Waals surface area contributed by atoms with E-state index in [1.54, 1.807) is 23.9 Å². The summed E-state index contributed by atoms with van der Waals surface area (Å²) in [6.45, 7) is 1.75. The fraction of sp³-hybridized carbons (Fsp3) is 0.241. The van der Waals surface area contributed by atoms with Crippen LogP contribution in [0.15, 0.2) is 55.0 Å². The van der Waals surface area contributed by atoms with Crippen LogP contribution in [0.4, 0.5) is 11.4 Å². The first-order valence-electron chi connectivity index (χ1n) is 12.9. The summed E-state index contributed by atoms with van der Waals surface area (Å²) in [6, 6.07) is 10.2. The van der Waals surface area contributed by atoms with Crippen molar-refractivity contribution in [3.8, 4) is 22.6 Å². The highest BCUT2D eigenvalue weighted by atomic mass is 16.5. The SMILES string of the molecule is O=C(O)c1cc(Nc2c(C(=O)NO)cnc3cc(-c4cncc5c4OCC5)ccc23)cc(OC2CCOCC2)c1. The number of ether oxygens (including phenoxy) is 3. The standard InChI is InChI=1S/C29H26N4O7/c34-28(33-37)24-15-31-25-11-16(23-14-30-13-17-3-8-39-27(17)23)1-2-22(25)26(24)32-19-9-18(29(35)36)10-21(12-19)40-20-4-6-38-7-5-20/h1-2,9-15,20,37H,3-8H2,(H,31,32)(H,33,34)(H,35,36). The van der Waals surface area contributed by atoms with Gasteiger partial charge in [0.2, 0.25) is 0 Å². The van der Waals surface area contributed by atoms with Gasteiger partial charge in [0.25, 0.3) is 5.91 Å². The fourth-order valence-electron chi connectivity index (χ4n) is 5.03. The van der Waals surface area contributed by atoms with Crippen molar-refractivity contribution in [1.82, 2.24) is 15.4 Å². The molecule has 0 unspecified atom stereocenters.